The molecule has 0 aliphatic carbocycles. The molecule has 170 valence electrons. The van der Waals surface area contributed by atoms with Crippen molar-refractivity contribution in [3.8, 4) is 0 Å². The second-order valence-corrected chi connectivity index (χ2v) is 8.00. The average Bonchev–Trinajstić information content (AvgIpc) is 3.07. The summed E-state index contributed by atoms with van der Waals surface area (Å²) in [6.45, 7) is 6.53. The number of urea groups is 1. The summed E-state index contributed by atoms with van der Waals surface area (Å²) in [5.74, 6) is 0.0344. The first kappa shape index (κ1) is 22.9. The topological polar surface area (TPSA) is 141 Å². The standard InChI is InChI=1S/C21H25FN6O4/c1-11(2)32-20(30)26-18-14-10-23-16(9-15(14)27-28-18)24-19(29)25-17(21(3,4)31)12-5-7-13(22)8-6-12/h5-11,17,31H,1-4H3,(H2,23,24,25,29)(H2,26,27,28,30)/t17-/m0/s1. The van der Waals surface area contributed by atoms with Gasteiger partial charge in [0.25, 0.3) is 0 Å². The minimum Gasteiger partial charge on any atom is -0.447 e. The number of amides is 3. The summed E-state index contributed by atoms with van der Waals surface area (Å²) in [6, 6.07) is 5.61. The number of hydrogen-bond acceptors (Lipinski definition) is 6. The molecule has 0 spiro atoms. The van der Waals surface area contributed by atoms with Gasteiger partial charge in [0.05, 0.1) is 28.6 Å². The van der Waals surface area contributed by atoms with Crippen LogP contribution < -0.4 is 16.0 Å². The number of benzene rings is 1. The van der Waals surface area contributed by atoms with Crippen molar-refractivity contribution in [1.29, 1.82) is 0 Å². The number of nitrogens with one attached hydrogen (secondary N) is 4. The van der Waals surface area contributed by atoms with Crippen molar-refractivity contribution in [2.45, 2.75) is 45.4 Å². The highest BCUT2D eigenvalue weighted by molar-refractivity contribution is 5.98. The number of nitrogens with zero attached hydrogens (tertiary/aromatic N) is 2. The summed E-state index contributed by atoms with van der Waals surface area (Å²) >= 11 is 0. The Bertz CT molecular complexity index is 1110. The number of anilines is 2. The number of ether oxygens (including phenoxy) is 1. The number of carbonyl (C=O) groups excluding carboxylic acids is 2. The van der Waals surface area contributed by atoms with E-state index < -0.39 is 29.6 Å². The molecule has 0 aliphatic heterocycles. The van der Waals surface area contributed by atoms with Crippen LogP contribution in [0.15, 0.2) is 36.5 Å². The molecule has 0 bridgehead atoms. The number of aromatic amines is 1. The van der Waals surface area contributed by atoms with Crippen LogP contribution in [0.5, 0.6) is 0 Å². The van der Waals surface area contributed by atoms with Gasteiger partial charge >= 0.3 is 12.1 Å². The van der Waals surface area contributed by atoms with Crippen LogP contribution in [0.1, 0.15) is 39.3 Å². The summed E-state index contributed by atoms with van der Waals surface area (Å²) in [7, 11) is 0. The molecule has 0 unspecified atom stereocenters. The molecule has 0 fully saturated rings. The Morgan fingerprint density at radius 1 is 1.19 bits per heavy atom. The molecule has 3 rings (SSSR count). The molecule has 5 N–H and O–H groups in total. The molecule has 1 aromatic carbocycles. The quantitative estimate of drug-likeness (QED) is 0.393. The first-order valence-electron chi connectivity index (χ1n) is 9.90. The van der Waals surface area contributed by atoms with Gasteiger partial charge in [-0.3, -0.25) is 15.7 Å². The fraction of sp³-hybridized carbons (Fsp3) is 0.333. The van der Waals surface area contributed by atoms with Crippen LogP contribution in [0, 0.1) is 5.82 Å². The molecule has 0 saturated carbocycles. The monoisotopic (exact) mass is 444 g/mol. The number of aliphatic hydroxyl groups is 1. The number of aromatic nitrogens is 3. The van der Waals surface area contributed by atoms with E-state index in [0.717, 1.165) is 0 Å². The number of pyridine rings is 1. The molecule has 32 heavy (non-hydrogen) atoms. The molecule has 2 heterocycles. The van der Waals surface area contributed by atoms with Crippen molar-refractivity contribution in [1.82, 2.24) is 20.5 Å². The minimum absolute atomic E-state index is 0.212. The first-order valence-corrected chi connectivity index (χ1v) is 9.90. The van der Waals surface area contributed by atoms with Gasteiger partial charge in [0, 0.05) is 12.3 Å². The number of halogens is 1. The van der Waals surface area contributed by atoms with E-state index in [0.29, 0.717) is 16.5 Å². The van der Waals surface area contributed by atoms with Gasteiger partial charge in [0.1, 0.15) is 11.6 Å². The van der Waals surface area contributed by atoms with Gasteiger partial charge in [-0.2, -0.15) is 5.10 Å². The molecule has 0 aliphatic rings. The van der Waals surface area contributed by atoms with Gasteiger partial charge in [0.2, 0.25) is 0 Å². The van der Waals surface area contributed by atoms with Crippen molar-refractivity contribution < 1.29 is 23.8 Å². The molecular weight excluding hydrogens is 419 g/mol. The molecule has 3 amide bonds. The van der Waals surface area contributed by atoms with Crippen molar-refractivity contribution in [2.24, 2.45) is 0 Å². The summed E-state index contributed by atoms with van der Waals surface area (Å²) in [4.78, 5) is 28.5. The third-order valence-electron chi connectivity index (χ3n) is 4.44. The third-order valence-corrected chi connectivity index (χ3v) is 4.44. The van der Waals surface area contributed by atoms with Gasteiger partial charge in [-0.25, -0.2) is 19.0 Å². The molecular formula is C21H25FN6O4. The maximum absolute atomic E-state index is 13.2. The van der Waals surface area contributed by atoms with E-state index in [1.807, 2.05) is 0 Å². The van der Waals surface area contributed by atoms with Crippen LogP contribution in [0.3, 0.4) is 0 Å². The van der Waals surface area contributed by atoms with Crippen molar-refractivity contribution in [3.63, 3.8) is 0 Å². The fourth-order valence-electron chi connectivity index (χ4n) is 3.02. The van der Waals surface area contributed by atoms with Crippen molar-refractivity contribution in [2.75, 3.05) is 10.6 Å². The third kappa shape index (κ3) is 5.70. The van der Waals surface area contributed by atoms with Gasteiger partial charge in [0.15, 0.2) is 5.82 Å². The van der Waals surface area contributed by atoms with Gasteiger partial charge in [-0.15, -0.1) is 0 Å². The summed E-state index contributed by atoms with van der Waals surface area (Å²) in [5, 5.41) is 25.6. The molecule has 2 aromatic heterocycles. The lowest BCUT2D eigenvalue weighted by Gasteiger charge is -2.30. The van der Waals surface area contributed by atoms with Crippen LogP contribution >= 0.6 is 0 Å². The minimum atomic E-state index is -1.32. The Labute approximate surface area is 183 Å². The van der Waals surface area contributed by atoms with E-state index in [4.69, 9.17) is 4.74 Å². The number of carbonyl (C=O) groups is 2. The van der Waals surface area contributed by atoms with E-state index >= 15 is 0 Å². The van der Waals surface area contributed by atoms with E-state index in [1.165, 1.54) is 50.4 Å². The van der Waals surface area contributed by atoms with Gasteiger partial charge in [-0.1, -0.05) is 12.1 Å². The molecule has 10 nitrogen and oxygen atoms in total. The number of rotatable bonds is 6. The Balaban J connectivity index is 1.72. The summed E-state index contributed by atoms with van der Waals surface area (Å²) < 4.78 is 18.3. The van der Waals surface area contributed by atoms with Gasteiger partial charge in [-0.05, 0) is 45.4 Å². The normalized spacial score (nSPS) is 12.5. The van der Waals surface area contributed by atoms with Crippen LogP contribution in [0.25, 0.3) is 10.9 Å². The maximum Gasteiger partial charge on any atom is 0.413 e. The smallest absolute Gasteiger partial charge is 0.413 e. The molecule has 1 atom stereocenters. The number of H-pyrrole nitrogens is 1. The maximum atomic E-state index is 13.2. The molecule has 0 radical (unpaired) electrons. The van der Waals surface area contributed by atoms with E-state index in [1.54, 1.807) is 13.8 Å². The number of hydrogen-bond donors (Lipinski definition) is 5. The Morgan fingerprint density at radius 3 is 2.50 bits per heavy atom. The van der Waals surface area contributed by atoms with Crippen molar-refractivity contribution in [3.05, 3.63) is 47.9 Å². The number of fused-ring (bicyclic) bond motifs is 1. The van der Waals surface area contributed by atoms with Crippen LogP contribution in [0.2, 0.25) is 0 Å². The summed E-state index contributed by atoms with van der Waals surface area (Å²) in [6.07, 6.45) is 0.510. The van der Waals surface area contributed by atoms with E-state index in [2.05, 4.69) is 31.1 Å². The summed E-state index contributed by atoms with van der Waals surface area (Å²) in [5.41, 5.74) is -0.260. The SMILES string of the molecule is CC(C)OC(=O)Nc1n[nH]c2cc(NC(=O)N[C@@H](c3ccc(F)cc3)C(C)(C)O)ncc12. The first-order chi connectivity index (χ1) is 15.0. The van der Waals surface area contributed by atoms with Crippen LogP contribution in [0.4, 0.5) is 25.6 Å². The highest BCUT2D eigenvalue weighted by atomic mass is 19.1. The Hall–Kier alpha value is -3.73. The zero-order valence-corrected chi connectivity index (χ0v) is 18.1. The Kier molecular flexibility index (Phi) is 6.58. The fourth-order valence-corrected chi connectivity index (χ4v) is 3.02. The van der Waals surface area contributed by atoms with Gasteiger partial charge < -0.3 is 15.2 Å². The predicted molar refractivity (Wildman–Crippen MR) is 117 cm³/mol. The lowest BCUT2D eigenvalue weighted by molar-refractivity contribution is 0.0415. The van der Waals surface area contributed by atoms with Crippen molar-refractivity contribution >= 4 is 34.7 Å². The lowest BCUT2D eigenvalue weighted by atomic mass is 9.92. The predicted octanol–water partition coefficient (Wildman–Crippen LogP) is 3.69. The Morgan fingerprint density at radius 2 is 1.88 bits per heavy atom. The lowest BCUT2D eigenvalue weighted by Crippen LogP contribution is -2.44. The molecule has 11 heteroatoms. The highest BCUT2D eigenvalue weighted by Crippen LogP contribution is 2.26. The van der Waals surface area contributed by atoms with E-state index in [-0.39, 0.29) is 17.7 Å². The van der Waals surface area contributed by atoms with Crippen LogP contribution in [-0.2, 0) is 4.74 Å². The second-order valence-electron chi connectivity index (χ2n) is 8.00. The highest BCUT2D eigenvalue weighted by Gasteiger charge is 2.30. The average molecular weight is 444 g/mol. The van der Waals surface area contributed by atoms with E-state index in [9.17, 15) is 19.1 Å². The molecule has 3 aromatic rings. The largest absolute Gasteiger partial charge is 0.447 e. The molecule has 0 saturated heterocycles. The zero-order valence-electron chi connectivity index (χ0n) is 18.1. The zero-order chi connectivity index (χ0) is 23.5. The second kappa shape index (κ2) is 9.18. The van der Waals surface area contributed by atoms with Crippen LogP contribution in [-0.4, -0.2) is 44.1 Å².